The van der Waals surface area contributed by atoms with Crippen molar-refractivity contribution in [1.82, 2.24) is 20.0 Å². The first-order valence-electron chi connectivity index (χ1n) is 10.2. The van der Waals surface area contributed by atoms with Crippen molar-refractivity contribution < 1.29 is 18.8 Å². The van der Waals surface area contributed by atoms with Gasteiger partial charge in [-0.05, 0) is 30.3 Å². The van der Waals surface area contributed by atoms with Crippen molar-refractivity contribution >= 4 is 11.7 Å². The first-order chi connectivity index (χ1) is 15.1. The highest BCUT2D eigenvalue weighted by Crippen LogP contribution is 2.28. The molecule has 9 nitrogen and oxygen atoms in total. The number of amides is 1. The number of aryl methyl sites for hydroxylation is 1. The third kappa shape index (κ3) is 4.30. The molecule has 3 aromatic rings. The maximum absolute atomic E-state index is 12.9. The van der Waals surface area contributed by atoms with Crippen molar-refractivity contribution in [2.45, 2.75) is 13.3 Å². The first kappa shape index (κ1) is 20.6. The van der Waals surface area contributed by atoms with Crippen molar-refractivity contribution in [3.05, 3.63) is 48.0 Å². The van der Waals surface area contributed by atoms with Crippen LogP contribution < -0.4 is 14.4 Å². The predicted octanol–water partition coefficient (Wildman–Crippen LogP) is 2.67. The van der Waals surface area contributed by atoms with Crippen LogP contribution in [0, 0.1) is 0 Å². The summed E-state index contributed by atoms with van der Waals surface area (Å²) in [4.78, 5) is 25.8. The van der Waals surface area contributed by atoms with Crippen LogP contribution >= 0.6 is 0 Å². The number of aromatic nitrogens is 3. The fraction of sp³-hybridized carbons (Fsp3) is 0.364. The Morgan fingerprint density at radius 3 is 2.45 bits per heavy atom. The molecule has 0 bridgehead atoms. The topological polar surface area (TPSA) is 93.8 Å². The van der Waals surface area contributed by atoms with Crippen LogP contribution in [0.2, 0.25) is 0 Å². The van der Waals surface area contributed by atoms with Gasteiger partial charge in [-0.25, -0.2) is 4.98 Å². The summed E-state index contributed by atoms with van der Waals surface area (Å²) < 4.78 is 15.7. The van der Waals surface area contributed by atoms with Crippen molar-refractivity contribution in [2.75, 3.05) is 45.3 Å². The summed E-state index contributed by atoms with van der Waals surface area (Å²) >= 11 is 0. The molecule has 1 aliphatic rings. The maximum Gasteiger partial charge on any atom is 0.254 e. The molecule has 0 aliphatic carbocycles. The van der Waals surface area contributed by atoms with Gasteiger partial charge in [0, 0.05) is 49.9 Å². The normalized spacial score (nSPS) is 13.9. The zero-order valence-electron chi connectivity index (χ0n) is 17.9. The van der Waals surface area contributed by atoms with E-state index in [1.165, 1.54) is 0 Å². The monoisotopic (exact) mass is 423 g/mol. The number of nitrogens with zero attached hydrogens (tertiary/aromatic N) is 5. The van der Waals surface area contributed by atoms with Gasteiger partial charge < -0.3 is 23.8 Å². The third-order valence-electron chi connectivity index (χ3n) is 5.30. The summed E-state index contributed by atoms with van der Waals surface area (Å²) in [6.07, 6.45) is 2.45. The molecule has 1 fully saturated rings. The number of pyridine rings is 1. The number of carbonyl (C=O) groups is 1. The van der Waals surface area contributed by atoms with Gasteiger partial charge in [0.2, 0.25) is 11.7 Å². The van der Waals surface area contributed by atoms with Crippen LogP contribution in [0.5, 0.6) is 11.5 Å². The fourth-order valence-electron chi connectivity index (χ4n) is 3.51. The Bertz CT molecular complexity index is 1040. The second-order valence-corrected chi connectivity index (χ2v) is 7.12. The van der Waals surface area contributed by atoms with Crippen LogP contribution in [-0.4, -0.2) is 66.3 Å². The van der Waals surface area contributed by atoms with E-state index < -0.39 is 0 Å². The van der Waals surface area contributed by atoms with E-state index in [2.05, 4.69) is 20.0 Å². The number of carbonyl (C=O) groups excluding carboxylic acids is 1. The van der Waals surface area contributed by atoms with Crippen molar-refractivity contribution in [3.8, 4) is 22.9 Å². The van der Waals surface area contributed by atoms with E-state index in [1.807, 2.05) is 24.0 Å². The van der Waals surface area contributed by atoms with Gasteiger partial charge in [0.05, 0.1) is 14.2 Å². The SMILES string of the molecule is CCc1nc(-c2ccc(N3CCN(C(=O)c4ccc(OC)c(OC)c4)CC3)nc2)no1. The minimum atomic E-state index is -0.0206. The third-order valence-corrected chi connectivity index (χ3v) is 5.30. The van der Waals surface area contributed by atoms with Crippen molar-refractivity contribution in [3.63, 3.8) is 0 Å². The van der Waals surface area contributed by atoms with Crippen LogP contribution in [-0.2, 0) is 6.42 Å². The van der Waals surface area contributed by atoms with E-state index in [0.717, 1.165) is 11.4 Å². The number of methoxy groups -OCH3 is 2. The number of hydrogen-bond donors (Lipinski definition) is 0. The molecule has 9 heteroatoms. The molecule has 1 aliphatic heterocycles. The molecule has 4 rings (SSSR count). The van der Waals surface area contributed by atoms with Gasteiger partial charge in [-0.2, -0.15) is 4.98 Å². The fourth-order valence-corrected chi connectivity index (χ4v) is 3.51. The summed E-state index contributed by atoms with van der Waals surface area (Å²) in [6.45, 7) is 4.60. The lowest BCUT2D eigenvalue weighted by molar-refractivity contribution is 0.0746. The first-order valence-corrected chi connectivity index (χ1v) is 10.2. The molecule has 0 spiro atoms. The van der Waals surface area contributed by atoms with Crippen LogP contribution in [0.4, 0.5) is 5.82 Å². The van der Waals surface area contributed by atoms with Gasteiger partial charge in [-0.3, -0.25) is 4.79 Å². The highest BCUT2D eigenvalue weighted by molar-refractivity contribution is 5.95. The number of anilines is 1. The Balaban J connectivity index is 1.38. The van der Waals surface area contributed by atoms with Gasteiger partial charge in [0.1, 0.15) is 5.82 Å². The van der Waals surface area contributed by atoms with Gasteiger partial charge in [-0.1, -0.05) is 12.1 Å². The summed E-state index contributed by atoms with van der Waals surface area (Å²) in [5, 5.41) is 3.98. The Labute approximate surface area is 180 Å². The minimum Gasteiger partial charge on any atom is -0.493 e. The molecular weight excluding hydrogens is 398 g/mol. The number of benzene rings is 1. The van der Waals surface area contributed by atoms with E-state index in [4.69, 9.17) is 14.0 Å². The molecule has 1 aromatic carbocycles. The van der Waals surface area contributed by atoms with Crippen LogP contribution in [0.1, 0.15) is 23.2 Å². The number of ether oxygens (including phenoxy) is 2. The summed E-state index contributed by atoms with van der Waals surface area (Å²) in [5.74, 6) is 3.14. The molecule has 0 atom stereocenters. The Hall–Kier alpha value is -3.62. The average molecular weight is 423 g/mol. The van der Waals surface area contributed by atoms with Crippen molar-refractivity contribution in [1.29, 1.82) is 0 Å². The molecule has 0 radical (unpaired) electrons. The minimum absolute atomic E-state index is 0.0206. The molecule has 1 amide bonds. The van der Waals surface area contributed by atoms with E-state index in [0.29, 0.717) is 61.4 Å². The zero-order valence-corrected chi connectivity index (χ0v) is 17.9. The molecule has 31 heavy (non-hydrogen) atoms. The molecular formula is C22H25N5O4. The van der Waals surface area contributed by atoms with Gasteiger partial charge in [0.15, 0.2) is 11.5 Å². The molecule has 0 saturated carbocycles. The lowest BCUT2D eigenvalue weighted by atomic mass is 10.1. The van der Waals surface area contributed by atoms with Crippen LogP contribution in [0.25, 0.3) is 11.4 Å². The molecule has 3 heterocycles. The second kappa shape index (κ2) is 9.03. The molecule has 0 N–H and O–H groups in total. The van der Waals surface area contributed by atoms with Gasteiger partial charge >= 0.3 is 0 Å². The second-order valence-electron chi connectivity index (χ2n) is 7.12. The summed E-state index contributed by atoms with van der Waals surface area (Å²) in [6, 6.07) is 9.12. The Morgan fingerprint density at radius 2 is 1.84 bits per heavy atom. The number of piperazine rings is 1. The van der Waals surface area contributed by atoms with E-state index in [-0.39, 0.29) is 5.91 Å². The quantitative estimate of drug-likeness (QED) is 0.597. The van der Waals surface area contributed by atoms with E-state index >= 15 is 0 Å². The highest BCUT2D eigenvalue weighted by Gasteiger charge is 2.24. The zero-order chi connectivity index (χ0) is 21.8. The lowest BCUT2D eigenvalue weighted by Crippen LogP contribution is -2.49. The highest BCUT2D eigenvalue weighted by atomic mass is 16.5. The van der Waals surface area contributed by atoms with Gasteiger partial charge in [0.25, 0.3) is 5.91 Å². The summed E-state index contributed by atoms with van der Waals surface area (Å²) in [5.41, 5.74) is 1.40. The molecule has 2 aromatic heterocycles. The molecule has 162 valence electrons. The largest absolute Gasteiger partial charge is 0.493 e. The number of hydrogen-bond acceptors (Lipinski definition) is 8. The van der Waals surface area contributed by atoms with E-state index in [1.54, 1.807) is 38.6 Å². The Kier molecular flexibility index (Phi) is 6.01. The van der Waals surface area contributed by atoms with Crippen LogP contribution in [0.3, 0.4) is 0 Å². The predicted molar refractivity (Wildman–Crippen MR) is 115 cm³/mol. The molecule has 1 saturated heterocycles. The number of rotatable bonds is 6. The maximum atomic E-state index is 12.9. The average Bonchev–Trinajstić information content (AvgIpc) is 3.33. The standard InChI is InChI=1S/C22H25N5O4/c1-4-20-24-21(25-31-20)16-6-8-19(23-14-16)26-9-11-27(12-10-26)22(28)15-5-7-17(29-2)18(13-15)30-3/h5-8,13-14H,4,9-12H2,1-3H3. The smallest absolute Gasteiger partial charge is 0.254 e. The lowest BCUT2D eigenvalue weighted by Gasteiger charge is -2.35. The summed E-state index contributed by atoms with van der Waals surface area (Å²) in [7, 11) is 3.13. The Morgan fingerprint density at radius 1 is 1.06 bits per heavy atom. The molecule has 0 unspecified atom stereocenters. The van der Waals surface area contributed by atoms with Gasteiger partial charge in [-0.15, -0.1) is 0 Å². The van der Waals surface area contributed by atoms with Crippen LogP contribution in [0.15, 0.2) is 41.1 Å². The van der Waals surface area contributed by atoms with E-state index in [9.17, 15) is 4.79 Å². The van der Waals surface area contributed by atoms with Crippen molar-refractivity contribution in [2.24, 2.45) is 0 Å².